The summed E-state index contributed by atoms with van der Waals surface area (Å²) in [6, 6.07) is 12.1. The topological polar surface area (TPSA) is 95.9 Å². The molecule has 9 heteroatoms. The fourth-order valence-electron chi connectivity index (χ4n) is 5.04. The number of nitrogens with one attached hydrogen (secondary N) is 1. The Morgan fingerprint density at radius 3 is 2.56 bits per heavy atom. The molecule has 2 aliphatic rings. The zero-order valence-electron chi connectivity index (χ0n) is 19.2. The van der Waals surface area contributed by atoms with E-state index in [-0.39, 0.29) is 23.1 Å². The largest absolute Gasteiger partial charge is 0.497 e. The summed E-state index contributed by atoms with van der Waals surface area (Å²) in [6.45, 7) is 0.851. The van der Waals surface area contributed by atoms with E-state index in [0.29, 0.717) is 30.3 Å². The van der Waals surface area contributed by atoms with Gasteiger partial charge in [-0.2, -0.15) is 4.72 Å². The number of amides is 1. The van der Waals surface area contributed by atoms with Crippen molar-refractivity contribution in [3.8, 4) is 5.75 Å². The molecule has 2 fully saturated rings. The van der Waals surface area contributed by atoms with Gasteiger partial charge in [-0.25, -0.2) is 8.42 Å². The number of hydrogen-bond acceptors (Lipinski definition) is 5. The number of halogens is 1. The summed E-state index contributed by atoms with van der Waals surface area (Å²) >= 11 is 6.00. The fourth-order valence-corrected chi connectivity index (χ4v) is 6.35. The van der Waals surface area contributed by atoms with Gasteiger partial charge in [0, 0.05) is 24.0 Å². The van der Waals surface area contributed by atoms with Crippen molar-refractivity contribution in [3.63, 3.8) is 0 Å². The van der Waals surface area contributed by atoms with Crippen LogP contribution in [0.2, 0.25) is 5.02 Å². The van der Waals surface area contributed by atoms with E-state index in [1.165, 1.54) is 19.2 Å². The predicted molar refractivity (Wildman–Crippen MR) is 130 cm³/mol. The summed E-state index contributed by atoms with van der Waals surface area (Å²) in [5.74, 6) is 0.286. The normalized spacial score (nSPS) is 23.7. The first-order valence-corrected chi connectivity index (χ1v) is 13.5. The van der Waals surface area contributed by atoms with Crippen LogP contribution >= 0.6 is 11.6 Å². The average Bonchev–Trinajstić information content (AvgIpc) is 2.84. The van der Waals surface area contributed by atoms with E-state index in [1.54, 1.807) is 41.3 Å². The number of aliphatic hydroxyl groups is 1. The Morgan fingerprint density at radius 1 is 1.18 bits per heavy atom. The Bertz CT molecular complexity index is 1110. The summed E-state index contributed by atoms with van der Waals surface area (Å²) in [4.78, 5) is 15.4. The lowest BCUT2D eigenvalue weighted by Gasteiger charge is -2.48. The van der Waals surface area contributed by atoms with Crippen LogP contribution in [-0.4, -0.2) is 56.2 Å². The zero-order chi connectivity index (χ0) is 24.3. The number of hydrogen-bond donors (Lipinski definition) is 2. The van der Waals surface area contributed by atoms with Crippen molar-refractivity contribution in [1.29, 1.82) is 0 Å². The molecule has 3 atom stereocenters. The van der Waals surface area contributed by atoms with Gasteiger partial charge in [0.2, 0.25) is 15.9 Å². The lowest BCUT2D eigenvalue weighted by Crippen LogP contribution is -2.58. The molecule has 1 aliphatic carbocycles. The summed E-state index contributed by atoms with van der Waals surface area (Å²) < 4.78 is 34.1. The van der Waals surface area contributed by atoms with E-state index in [4.69, 9.17) is 16.3 Å². The van der Waals surface area contributed by atoms with Gasteiger partial charge in [0.05, 0.1) is 17.6 Å². The number of fused-ring (bicyclic) bond motifs is 1. The lowest BCUT2D eigenvalue weighted by atomic mass is 9.71. The van der Waals surface area contributed by atoms with Crippen LogP contribution in [0, 0.1) is 5.92 Å². The van der Waals surface area contributed by atoms with Crippen molar-refractivity contribution in [2.45, 2.75) is 55.1 Å². The Kier molecular flexibility index (Phi) is 7.52. The second kappa shape index (κ2) is 10.2. The number of ether oxygens (including phenoxy) is 1. The maximum absolute atomic E-state index is 13.6. The first-order chi connectivity index (χ1) is 16.2. The maximum atomic E-state index is 13.6. The Balaban J connectivity index is 1.57. The van der Waals surface area contributed by atoms with E-state index in [0.717, 1.165) is 31.2 Å². The summed E-state index contributed by atoms with van der Waals surface area (Å²) in [5.41, 5.74) is 0.0786. The minimum atomic E-state index is -3.96. The molecule has 1 amide bonds. The van der Waals surface area contributed by atoms with Gasteiger partial charge in [0.25, 0.3) is 0 Å². The third-order valence-corrected chi connectivity index (χ3v) is 8.80. The van der Waals surface area contributed by atoms with Crippen LogP contribution in [0.15, 0.2) is 53.4 Å². The molecular weight excluding hydrogens is 476 g/mol. The molecule has 0 bridgehead atoms. The molecule has 2 N–H and O–H groups in total. The quantitative estimate of drug-likeness (QED) is 0.600. The second-order valence-corrected chi connectivity index (χ2v) is 11.4. The number of sulfonamides is 1. The Morgan fingerprint density at radius 2 is 1.88 bits per heavy atom. The van der Waals surface area contributed by atoms with E-state index < -0.39 is 21.7 Å². The summed E-state index contributed by atoms with van der Waals surface area (Å²) in [7, 11) is -2.45. The second-order valence-electron chi connectivity index (χ2n) is 9.26. The van der Waals surface area contributed by atoms with E-state index in [1.807, 2.05) is 0 Å². The molecule has 2 aromatic carbocycles. The minimum absolute atomic E-state index is 0.0216. The highest BCUT2D eigenvalue weighted by molar-refractivity contribution is 7.89. The van der Waals surface area contributed by atoms with Crippen LogP contribution in [0.5, 0.6) is 5.75 Å². The standard InChI is InChI=1S/C25H31ClN2O5S/c1-33-21-9-11-22(12-10-21)34(31,32)27-23(16-18-5-7-20(26)8-6-18)24(29)28-15-14-25(30)13-3-2-4-19(25)17-28/h5-12,19,23,27,30H,2-4,13-17H2,1H3. The number of rotatable bonds is 7. The molecule has 0 aromatic heterocycles. The number of likely N-dealkylation sites (tertiary alicyclic amines) is 1. The third kappa shape index (κ3) is 5.57. The number of nitrogens with zero attached hydrogens (tertiary/aromatic N) is 1. The van der Waals surface area contributed by atoms with Gasteiger partial charge in [-0.05, 0) is 67.6 Å². The molecule has 0 spiro atoms. The molecule has 4 rings (SSSR count). The Labute approximate surface area is 206 Å². The van der Waals surface area contributed by atoms with Gasteiger partial charge in [0.15, 0.2) is 0 Å². The highest BCUT2D eigenvalue weighted by Crippen LogP contribution is 2.40. The first-order valence-electron chi connectivity index (χ1n) is 11.6. The highest BCUT2D eigenvalue weighted by atomic mass is 35.5. The number of piperidine rings is 1. The predicted octanol–water partition coefficient (Wildman–Crippen LogP) is 3.39. The molecule has 7 nitrogen and oxygen atoms in total. The molecule has 1 saturated carbocycles. The Hall–Kier alpha value is -2.13. The molecule has 184 valence electrons. The van der Waals surface area contributed by atoms with Crippen LogP contribution in [0.4, 0.5) is 0 Å². The average molecular weight is 507 g/mol. The van der Waals surface area contributed by atoms with E-state index in [9.17, 15) is 18.3 Å². The number of carbonyl (C=O) groups excluding carboxylic acids is 1. The minimum Gasteiger partial charge on any atom is -0.497 e. The number of carbonyl (C=O) groups is 1. The van der Waals surface area contributed by atoms with Gasteiger partial charge in [0.1, 0.15) is 11.8 Å². The SMILES string of the molecule is COc1ccc(S(=O)(=O)NC(Cc2ccc(Cl)cc2)C(=O)N2CCC3(O)CCCCC3C2)cc1. The molecular formula is C25H31ClN2O5S. The van der Waals surface area contributed by atoms with Crippen LogP contribution < -0.4 is 9.46 Å². The molecule has 34 heavy (non-hydrogen) atoms. The first kappa shape index (κ1) is 25.0. The van der Waals surface area contributed by atoms with Gasteiger partial charge in [-0.3, -0.25) is 4.79 Å². The van der Waals surface area contributed by atoms with Crippen LogP contribution in [0.3, 0.4) is 0 Å². The van der Waals surface area contributed by atoms with Crippen molar-refractivity contribution < 1.29 is 23.1 Å². The summed E-state index contributed by atoms with van der Waals surface area (Å²) in [5, 5.41) is 11.6. The van der Waals surface area contributed by atoms with Crippen LogP contribution in [0.25, 0.3) is 0 Å². The smallest absolute Gasteiger partial charge is 0.241 e. The van der Waals surface area contributed by atoms with Gasteiger partial charge in [-0.15, -0.1) is 0 Å². The van der Waals surface area contributed by atoms with E-state index >= 15 is 0 Å². The van der Waals surface area contributed by atoms with Crippen LogP contribution in [-0.2, 0) is 21.2 Å². The molecule has 3 unspecified atom stereocenters. The third-order valence-electron chi connectivity index (χ3n) is 7.06. The van der Waals surface area contributed by atoms with Crippen molar-refractivity contribution >= 4 is 27.5 Å². The monoisotopic (exact) mass is 506 g/mol. The molecule has 1 heterocycles. The molecule has 1 saturated heterocycles. The van der Waals surface area contributed by atoms with E-state index in [2.05, 4.69) is 4.72 Å². The number of benzene rings is 2. The molecule has 0 radical (unpaired) electrons. The van der Waals surface area contributed by atoms with Gasteiger partial charge < -0.3 is 14.7 Å². The molecule has 1 aliphatic heterocycles. The summed E-state index contributed by atoms with van der Waals surface area (Å²) in [6.07, 6.45) is 4.38. The van der Waals surface area contributed by atoms with Gasteiger partial charge >= 0.3 is 0 Å². The van der Waals surface area contributed by atoms with Crippen molar-refractivity contribution in [2.75, 3.05) is 20.2 Å². The number of methoxy groups -OCH3 is 1. The maximum Gasteiger partial charge on any atom is 0.241 e. The zero-order valence-corrected chi connectivity index (χ0v) is 20.8. The molecule has 2 aromatic rings. The van der Waals surface area contributed by atoms with Crippen molar-refractivity contribution in [1.82, 2.24) is 9.62 Å². The van der Waals surface area contributed by atoms with Crippen LogP contribution in [0.1, 0.15) is 37.7 Å². The lowest BCUT2D eigenvalue weighted by molar-refractivity contribution is -0.145. The fraction of sp³-hybridized carbons (Fsp3) is 0.480. The highest BCUT2D eigenvalue weighted by Gasteiger charge is 2.44. The van der Waals surface area contributed by atoms with Crippen molar-refractivity contribution in [3.05, 3.63) is 59.1 Å². The van der Waals surface area contributed by atoms with Gasteiger partial charge in [-0.1, -0.05) is 36.6 Å². The van der Waals surface area contributed by atoms with Crippen molar-refractivity contribution in [2.24, 2.45) is 5.92 Å².